The average molecular weight is 437 g/mol. The Balaban J connectivity index is 2.00. The Morgan fingerprint density at radius 3 is 2.37 bits per heavy atom. The van der Waals surface area contributed by atoms with Crippen LogP contribution in [0, 0.1) is 11.8 Å². The molecule has 1 fully saturated rings. The lowest BCUT2D eigenvalue weighted by molar-refractivity contribution is 0.0600. The van der Waals surface area contributed by atoms with E-state index in [1.54, 1.807) is 20.8 Å². The van der Waals surface area contributed by atoms with Crippen molar-refractivity contribution in [1.29, 1.82) is 0 Å². The molecule has 0 heterocycles. The molecular formula is C23H36N2O4S. The summed E-state index contributed by atoms with van der Waals surface area (Å²) in [4.78, 5) is 12.0. The molecule has 3 atom stereocenters. The number of benzene rings is 1. The minimum atomic E-state index is -3.51. The van der Waals surface area contributed by atoms with E-state index < -0.39 is 20.3 Å². The second-order valence-corrected chi connectivity index (χ2v) is 12.2. The van der Waals surface area contributed by atoms with Crippen LogP contribution in [0.4, 0.5) is 0 Å². The SMILES string of the molecule is CCCNCC1(NS(=O)(=O)C(C)(C)C)C2CCC1Cc1cc(C(=O)OC)ccc1C2. The van der Waals surface area contributed by atoms with Gasteiger partial charge in [0.15, 0.2) is 0 Å². The third kappa shape index (κ3) is 4.30. The van der Waals surface area contributed by atoms with Crippen molar-refractivity contribution >= 4 is 16.0 Å². The molecule has 3 unspecified atom stereocenters. The van der Waals surface area contributed by atoms with Gasteiger partial charge in [-0.3, -0.25) is 0 Å². The van der Waals surface area contributed by atoms with Crippen molar-refractivity contribution in [2.24, 2.45) is 11.8 Å². The molecule has 1 aromatic rings. The fourth-order valence-corrected chi connectivity index (χ4v) is 6.19. The predicted molar refractivity (Wildman–Crippen MR) is 119 cm³/mol. The minimum absolute atomic E-state index is 0.179. The van der Waals surface area contributed by atoms with Gasteiger partial charge >= 0.3 is 5.97 Å². The second kappa shape index (κ2) is 8.60. The highest BCUT2D eigenvalue weighted by atomic mass is 32.2. The van der Waals surface area contributed by atoms with Crippen LogP contribution in [0.5, 0.6) is 0 Å². The van der Waals surface area contributed by atoms with Crippen LogP contribution in [-0.4, -0.2) is 44.9 Å². The smallest absolute Gasteiger partial charge is 0.337 e. The summed E-state index contributed by atoms with van der Waals surface area (Å²) in [5, 5.41) is 3.51. The zero-order valence-corrected chi connectivity index (χ0v) is 19.7. The van der Waals surface area contributed by atoms with Crippen molar-refractivity contribution in [3.05, 3.63) is 34.9 Å². The largest absolute Gasteiger partial charge is 0.465 e. The van der Waals surface area contributed by atoms with Crippen molar-refractivity contribution in [3.8, 4) is 0 Å². The maximum Gasteiger partial charge on any atom is 0.337 e. The molecule has 2 aliphatic carbocycles. The number of rotatable bonds is 7. The van der Waals surface area contributed by atoms with Gasteiger partial charge in [-0.05, 0) is 94.5 Å². The zero-order valence-electron chi connectivity index (χ0n) is 18.9. The van der Waals surface area contributed by atoms with Crippen LogP contribution < -0.4 is 10.0 Å². The van der Waals surface area contributed by atoms with Crippen molar-refractivity contribution < 1.29 is 17.9 Å². The number of ether oxygens (including phenoxy) is 1. The first kappa shape index (κ1) is 23.2. The van der Waals surface area contributed by atoms with Crippen molar-refractivity contribution in [2.45, 2.75) is 70.1 Å². The van der Waals surface area contributed by atoms with Crippen LogP contribution in [0.25, 0.3) is 0 Å². The molecule has 1 aromatic carbocycles. The van der Waals surface area contributed by atoms with Gasteiger partial charge in [0.1, 0.15) is 0 Å². The Bertz CT molecular complexity index is 891. The number of hydrogen-bond donors (Lipinski definition) is 2. The number of methoxy groups -OCH3 is 1. The van der Waals surface area contributed by atoms with Crippen LogP contribution >= 0.6 is 0 Å². The Morgan fingerprint density at radius 2 is 1.80 bits per heavy atom. The van der Waals surface area contributed by atoms with Gasteiger partial charge in [0.05, 0.1) is 23.0 Å². The lowest BCUT2D eigenvalue weighted by atomic mass is 9.79. The molecule has 0 spiro atoms. The highest BCUT2D eigenvalue weighted by Gasteiger charge is 2.54. The fraction of sp³-hybridized carbons (Fsp3) is 0.696. The zero-order chi connectivity index (χ0) is 22.2. The van der Waals surface area contributed by atoms with Gasteiger partial charge in [-0.25, -0.2) is 17.9 Å². The summed E-state index contributed by atoms with van der Waals surface area (Å²) < 4.78 is 33.7. The Labute approximate surface area is 181 Å². The van der Waals surface area contributed by atoms with Crippen LogP contribution in [-0.2, 0) is 27.6 Å². The van der Waals surface area contributed by atoms with E-state index in [0.717, 1.165) is 44.2 Å². The number of fused-ring (bicyclic) bond motifs is 3. The first-order chi connectivity index (χ1) is 14.0. The predicted octanol–water partition coefficient (Wildman–Crippen LogP) is 3.05. The third-order valence-electron chi connectivity index (χ3n) is 6.86. The number of carbonyl (C=O) groups is 1. The third-order valence-corrected chi connectivity index (χ3v) is 9.12. The molecule has 2 N–H and O–H groups in total. The molecule has 2 bridgehead atoms. The van der Waals surface area contributed by atoms with Crippen LogP contribution in [0.1, 0.15) is 68.4 Å². The van der Waals surface area contributed by atoms with Crippen molar-refractivity contribution in [1.82, 2.24) is 10.0 Å². The van der Waals surface area contributed by atoms with Gasteiger partial charge in [0.2, 0.25) is 10.0 Å². The average Bonchev–Trinajstić information content (AvgIpc) is 2.90. The van der Waals surface area contributed by atoms with Crippen LogP contribution in [0.3, 0.4) is 0 Å². The first-order valence-corrected chi connectivity index (χ1v) is 12.5. The first-order valence-electron chi connectivity index (χ1n) is 11.0. The van der Waals surface area contributed by atoms with Gasteiger partial charge in [-0.2, -0.15) is 0 Å². The monoisotopic (exact) mass is 436 g/mol. The molecule has 0 saturated heterocycles. The number of esters is 1. The van der Waals surface area contributed by atoms with E-state index >= 15 is 0 Å². The Morgan fingerprint density at radius 1 is 1.17 bits per heavy atom. The molecule has 168 valence electrons. The molecule has 0 radical (unpaired) electrons. The summed E-state index contributed by atoms with van der Waals surface area (Å²) in [5.41, 5.74) is 2.38. The van der Waals surface area contributed by atoms with E-state index in [9.17, 15) is 13.2 Å². The fourth-order valence-electron chi connectivity index (χ4n) is 4.98. The van der Waals surface area contributed by atoms with Crippen LogP contribution in [0.2, 0.25) is 0 Å². The molecule has 6 nitrogen and oxygen atoms in total. The van der Waals surface area contributed by atoms with Crippen molar-refractivity contribution in [2.75, 3.05) is 20.2 Å². The molecule has 7 heteroatoms. The molecule has 3 rings (SSSR count). The summed E-state index contributed by atoms with van der Waals surface area (Å²) in [6.07, 6.45) is 4.56. The van der Waals surface area contributed by atoms with Gasteiger partial charge in [-0.15, -0.1) is 0 Å². The number of sulfonamides is 1. The summed E-state index contributed by atoms with van der Waals surface area (Å²) in [6, 6.07) is 5.77. The van der Waals surface area contributed by atoms with Gasteiger partial charge in [-0.1, -0.05) is 13.0 Å². The van der Waals surface area contributed by atoms with Crippen LogP contribution in [0.15, 0.2) is 18.2 Å². The Hall–Kier alpha value is -1.44. The highest BCUT2D eigenvalue weighted by molar-refractivity contribution is 7.90. The van der Waals surface area contributed by atoms with E-state index in [-0.39, 0.29) is 17.8 Å². The minimum Gasteiger partial charge on any atom is -0.465 e. The van der Waals surface area contributed by atoms with E-state index in [1.165, 1.54) is 12.7 Å². The standard InChI is InChI=1S/C23H36N2O4S/c1-6-11-24-15-23(25-30(27,28)22(2,3)4)19-9-10-20(23)14-18-12-17(21(26)29-5)8-7-16(18)13-19/h7-8,12,19-20,24-25H,6,9-11,13-15H2,1-5H3. The number of nitrogens with one attached hydrogen (secondary N) is 2. The molecule has 0 amide bonds. The Kier molecular flexibility index (Phi) is 6.65. The van der Waals surface area contributed by atoms with E-state index in [0.29, 0.717) is 12.1 Å². The van der Waals surface area contributed by atoms with E-state index in [4.69, 9.17) is 4.74 Å². The van der Waals surface area contributed by atoms with Gasteiger partial charge < -0.3 is 10.1 Å². The lowest BCUT2D eigenvalue weighted by Gasteiger charge is -2.42. The molecule has 30 heavy (non-hydrogen) atoms. The maximum atomic E-state index is 13.2. The van der Waals surface area contributed by atoms with Crippen molar-refractivity contribution in [3.63, 3.8) is 0 Å². The maximum absolute atomic E-state index is 13.2. The quantitative estimate of drug-likeness (QED) is 0.507. The topological polar surface area (TPSA) is 84.5 Å². The molecule has 0 aromatic heterocycles. The van der Waals surface area contributed by atoms with Gasteiger partial charge in [0, 0.05) is 6.54 Å². The van der Waals surface area contributed by atoms with E-state index in [1.807, 2.05) is 18.2 Å². The molecule has 0 aliphatic heterocycles. The normalized spacial score (nSPS) is 26.2. The number of hydrogen-bond acceptors (Lipinski definition) is 5. The number of carbonyl (C=O) groups excluding carboxylic acids is 1. The highest BCUT2D eigenvalue weighted by Crippen LogP contribution is 2.48. The summed E-state index contributed by atoms with van der Waals surface area (Å²) in [6.45, 7) is 8.85. The second-order valence-electron chi connectivity index (χ2n) is 9.79. The van der Waals surface area contributed by atoms with Gasteiger partial charge in [0.25, 0.3) is 0 Å². The molecule has 2 aliphatic rings. The molecular weight excluding hydrogens is 400 g/mol. The summed E-state index contributed by atoms with van der Waals surface area (Å²) >= 11 is 0. The lowest BCUT2D eigenvalue weighted by Crippen LogP contribution is -2.63. The van der Waals surface area contributed by atoms with E-state index in [2.05, 4.69) is 17.0 Å². The summed E-state index contributed by atoms with van der Waals surface area (Å²) in [7, 11) is -2.12. The molecule has 1 saturated carbocycles. The summed E-state index contributed by atoms with van der Waals surface area (Å²) in [5.74, 6) is 0.0591.